The highest BCUT2D eigenvalue weighted by Crippen LogP contribution is 2.20. The molecule has 0 fully saturated rings. The molecule has 98 valence electrons. The Hall–Kier alpha value is -0.870. The standard InChI is InChI=1S/C13H25N3O/c1-11-12(9-16(4)15-11)8-14-7-5-6-13(2,3)10-17/h9,14,17H,5-8,10H2,1-4H3. The SMILES string of the molecule is Cc1nn(C)cc1CNCCCC(C)(C)CO. The van der Waals surface area contributed by atoms with Crippen molar-refractivity contribution >= 4 is 0 Å². The van der Waals surface area contributed by atoms with Crippen molar-refractivity contribution in [1.82, 2.24) is 15.1 Å². The number of nitrogens with zero attached hydrogens (tertiary/aromatic N) is 2. The first kappa shape index (κ1) is 14.2. The van der Waals surface area contributed by atoms with Gasteiger partial charge in [0, 0.05) is 32.0 Å². The number of aliphatic hydroxyl groups is 1. The lowest BCUT2D eigenvalue weighted by Crippen LogP contribution is -2.21. The van der Waals surface area contributed by atoms with Crippen LogP contribution in [0.3, 0.4) is 0 Å². The Morgan fingerprint density at radius 1 is 1.47 bits per heavy atom. The van der Waals surface area contributed by atoms with E-state index in [0.717, 1.165) is 31.6 Å². The maximum Gasteiger partial charge on any atom is 0.0638 e. The number of aliphatic hydroxyl groups excluding tert-OH is 1. The molecule has 0 radical (unpaired) electrons. The van der Waals surface area contributed by atoms with Gasteiger partial charge < -0.3 is 10.4 Å². The third-order valence-electron chi connectivity index (χ3n) is 3.07. The lowest BCUT2D eigenvalue weighted by Gasteiger charge is -2.21. The summed E-state index contributed by atoms with van der Waals surface area (Å²) in [6.45, 7) is 8.34. The van der Waals surface area contributed by atoms with E-state index in [2.05, 4.69) is 30.5 Å². The molecule has 1 rings (SSSR count). The highest BCUT2D eigenvalue weighted by Gasteiger charge is 2.15. The van der Waals surface area contributed by atoms with E-state index in [9.17, 15) is 0 Å². The average molecular weight is 239 g/mol. The van der Waals surface area contributed by atoms with Gasteiger partial charge in [0.05, 0.1) is 5.69 Å². The van der Waals surface area contributed by atoms with Crippen LogP contribution in [0, 0.1) is 12.3 Å². The maximum atomic E-state index is 9.14. The summed E-state index contributed by atoms with van der Waals surface area (Å²) in [5.41, 5.74) is 2.40. The van der Waals surface area contributed by atoms with E-state index in [1.54, 1.807) is 0 Å². The molecule has 17 heavy (non-hydrogen) atoms. The predicted octanol–water partition coefficient (Wildman–Crippen LogP) is 1.62. The van der Waals surface area contributed by atoms with Crippen LogP contribution in [0.2, 0.25) is 0 Å². The minimum atomic E-state index is 0.0475. The Balaban J connectivity index is 2.19. The van der Waals surface area contributed by atoms with Gasteiger partial charge in [0.15, 0.2) is 0 Å². The van der Waals surface area contributed by atoms with Gasteiger partial charge in [-0.3, -0.25) is 4.68 Å². The Kier molecular flexibility index (Phi) is 5.15. The van der Waals surface area contributed by atoms with E-state index in [1.165, 1.54) is 5.56 Å². The van der Waals surface area contributed by atoms with Crippen LogP contribution in [-0.2, 0) is 13.6 Å². The van der Waals surface area contributed by atoms with Crippen LogP contribution in [0.1, 0.15) is 37.9 Å². The van der Waals surface area contributed by atoms with Crippen molar-refractivity contribution in [3.05, 3.63) is 17.5 Å². The third kappa shape index (κ3) is 4.88. The second kappa shape index (κ2) is 6.17. The average Bonchev–Trinajstić information content (AvgIpc) is 2.57. The Morgan fingerprint density at radius 2 is 2.18 bits per heavy atom. The summed E-state index contributed by atoms with van der Waals surface area (Å²) in [6.07, 6.45) is 4.19. The normalized spacial score (nSPS) is 12.1. The van der Waals surface area contributed by atoms with Crippen LogP contribution < -0.4 is 5.32 Å². The molecule has 2 N–H and O–H groups in total. The molecular formula is C13H25N3O. The van der Waals surface area contributed by atoms with Crippen LogP contribution in [-0.4, -0.2) is 28.0 Å². The number of hydrogen-bond donors (Lipinski definition) is 2. The topological polar surface area (TPSA) is 50.1 Å². The molecule has 1 aromatic heterocycles. The summed E-state index contributed by atoms with van der Waals surface area (Å²) in [7, 11) is 1.94. The van der Waals surface area contributed by atoms with E-state index in [-0.39, 0.29) is 12.0 Å². The minimum Gasteiger partial charge on any atom is -0.396 e. The molecule has 4 heteroatoms. The fraction of sp³-hybridized carbons (Fsp3) is 0.769. The van der Waals surface area contributed by atoms with Gasteiger partial charge in [-0.15, -0.1) is 0 Å². The highest BCUT2D eigenvalue weighted by molar-refractivity contribution is 5.14. The van der Waals surface area contributed by atoms with Gasteiger partial charge in [-0.25, -0.2) is 0 Å². The fourth-order valence-corrected chi connectivity index (χ4v) is 1.82. The molecule has 0 saturated carbocycles. The zero-order valence-corrected chi connectivity index (χ0v) is 11.5. The van der Waals surface area contributed by atoms with Crippen LogP contribution in [0.15, 0.2) is 6.20 Å². The Labute approximate surface area is 104 Å². The van der Waals surface area contributed by atoms with E-state index in [0.29, 0.717) is 0 Å². The van der Waals surface area contributed by atoms with Crippen molar-refractivity contribution in [2.75, 3.05) is 13.2 Å². The molecule has 1 aromatic rings. The molecule has 0 saturated heterocycles. The molecule has 0 aliphatic heterocycles. The molecule has 0 aromatic carbocycles. The van der Waals surface area contributed by atoms with Crippen LogP contribution in [0.4, 0.5) is 0 Å². The Morgan fingerprint density at radius 3 is 2.71 bits per heavy atom. The third-order valence-corrected chi connectivity index (χ3v) is 3.07. The van der Waals surface area contributed by atoms with Crippen LogP contribution in [0.5, 0.6) is 0 Å². The molecule has 0 unspecified atom stereocenters. The van der Waals surface area contributed by atoms with E-state index < -0.39 is 0 Å². The van der Waals surface area contributed by atoms with Gasteiger partial charge in [0.2, 0.25) is 0 Å². The number of nitrogens with one attached hydrogen (secondary N) is 1. The first-order valence-electron chi connectivity index (χ1n) is 6.25. The second-order valence-corrected chi connectivity index (χ2v) is 5.52. The van der Waals surface area contributed by atoms with Crippen LogP contribution >= 0.6 is 0 Å². The van der Waals surface area contributed by atoms with Gasteiger partial charge in [0.25, 0.3) is 0 Å². The zero-order valence-electron chi connectivity index (χ0n) is 11.5. The molecule has 0 aliphatic rings. The monoisotopic (exact) mass is 239 g/mol. The molecule has 0 aliphatic carbocycles. The molecule has 0 spiro atoms. The maximum absolute atomic E-state index is 9.14. The zero-order chi connectivity index (χ0) is 12.9. The molecular weight excluding hydrogens is 214 g/mol. The summed E-state index contributed by atoms with van der Waals surface area (Å²) in [4.78, 5) is 0. The summed E-state index contributed by atoms with van der Waals surface area (Å²) in [6, 6.07) is 0. The van der Waals surface area contributed by atoms with Crippen LogP contribution in [0.25, 0.3) is 0 Å². The van der Waals surface area contributed by atoms with Gasteiger partial charge in [0.1, 0.15) is 0 Å². The number of aryl methyl sites for hydroxylation is 2. The van der Waals surface area contributed by atoms with E-state index in [1.807, 2.05) is 18.7 Å². The quantitative estimate of drug-likeness (QED) is 0.711. The highest BCUT2D eigenvalue weighted by atomic mass is 16.3. The second-order valence-electron chi connectivity index (χ2n) is 5.52. The molecule has 4 nitrogen and oxygen atoms in total. The largest absolute Gasteiger partial charge is 0.396 e. The molecule has 0 bridgehead atoms. The molecule has 1 heterocycles. The number of rotatable bonds is 7. The van der Waals surface area contributed by atoms with Crippen molar-refractivity contribution < 1.29 is 5.11 Å². The van der Waals surface area contributed by atoms with Crippen molar-refractivity contribution in [2.24, 2.45) is 12.5 Å². The van der Waals surface area contributed by atoms with Crippen molar-refractivity contribution in [3.8, 4) is 0 Å². The van der Waals surface area contributed by atoms with Crippen molar-refractivity contribution in [3.63, 3.8) is 0 Å². The number of aromatic nitrogens is 2. The lowest BCUT2D eigenvalue weighted by atomic mass is 9.89. The summed E-state index contributed by atoms with van der Waals surface area (Å²) >= 11 is 0. The van der Waals surface area contributed by atoms with Crippen molar-refractivity contribution in [1.29, 1.82) is 0 Å². The number of hydrogen-bond acceptors (Lipinski definition) is 3. The Bertz CT molecular complexity index is 344. The summed E-state index contributed by atoms with van der Waals surface area (Å²) < 4.78 is 1.85. The van der Waals surface area contributed by atoms with E-state index >= 15 is 0 Å². The van der Waals surface area contributed by atoms with Gasteiger partial charge in [-0.2, -0.15) is 5.10 Å². The predicted molar refractivity (Wildman–Crippen MR) is 69.8 cm³/mol. The lowest BCUT2D eigenvalue weighted by molar-refractivity contribution is 0.148. The van der Waals surface area contributed by atoms with E-state index in [4.69, 9.17) is 5.11 Å². The van der Waals surface area contributed by atoms with Gasteiger partial charge in [-0.1, -0.05) is 13.8 Å². The smallest absolute Gasteiger partial charge is 0.0638 e. The summed E-state index contributed by atoms with van der Waals surface area (Å²) in [5, 5.41) is 16.9. The molecule has 0 amide bonds. The van der Waals surface area contributed by atoms with Crippen molar-refractivity contribution in [2.45, 2.75) is 40.2 Å². The van der Waals surface area contributed by atoms with Gasteiger partial charge in [-0.05, 0) is 31.7 Å². The fourth-order valence-electron chi connectivity index (χ4n) is 1.82. The molecule has 0 atom stereocenters. The summed E-state index contributed by atoms with van der Waals surface area (Å²) in [5.74, 6) is 0. The van der Waals surface area contributed by atoms with Gasteiger partial charge >= 0.3 is 0 Å². The minimum absolute atomic E-state index is 0.0475. The first-order valence-corrected chi connectivity index (χ1v) is 6.25. The first-order chi connectivity index (χ1) is 7.94.